The average molecular weight is 675 g/mol. The number of aromatic nitrogens is 4. The van der Waals surface area contributed by atoms with Gasteiger partial charge in [0, 0.05) is 63.4 Å². The number of anilines is 1. The number of unbranched alkanes of at least 4 members (excludes halogenated alkanes) is 5. The number of nitrogens with zero attached hydrogens (tertiary/aromatic N) is 4. The Morgan fingerprint density at radius 2 is 1.64 bits per heavy atom. The number of fused-ring (bicyclic) bond motifs is 2. The highest BCUT2D eigenvalue weighted by Crippen LogP contribution is 2.33. The van der Waals surface area contributed by atoms with Gasteiger partial charge in [-0.3, -0.25) is 14.4 Å². The van der Waals surface area contributed by atoms with Crippen LogP contribution < -0.4 is 32.3 Å². The van der Waals surface area contributed by atoms with E-state index in [2.05, 4.69) is 41.5 Å². The summed E-state index contributed by atoms with van der Waals surface area (Å²) in [6.07, 6.45) is 12.3. The first-order valence-electron chi connectivity index (χ1n) is 16.8. The van der Waals surface area contributed by atoms with E-state index in [1.54, 1.807) is 13.4 Å². The molecule has 4 atom stereocenters. The molecule has 4 rings (SSSR count). The molecular weight excluding hydrogens is 624 g/mol. The van der Waals surface area contributed by atoms with Crippen molar-refractivity contribution in [3.05, 3.63) is 12.7 Å². The summed E-state index contributed by atoms with van der Waals surface area (Å²) in [7, 11) is 1.56. The van der Waals surface area contributed by atoms with Crippen LogP contribution in [0.5, 0.6) is 0 Å². The van der Waals surface area contributed by atoms with Crippen molar-refractivity contribution in [2.24, 2.45) is 0 Å². The number of nitrogens with two attached hydrogens (primary N) is 1. The highest BCUT2D eigenvalue weighted by Gasteiger charge is 2.42. The topological polar surface area (TPSA) is 207 Å². The molecule has 0 spiro atoms. The van der Waals surface area contributed by atoms with E-state index in [1.165, 1.54) is 6.33 Å². The lowest BCUT2D eigenvalue weighted by Gasteiger charge is -2.17. The molecule has 2 aromatic rings. The van der Waals surface area contributed by atoms with Crippen LogP contribution in [-0.2, 0) is 25.7 Å². The van der Waals surface area contributed by atoms with Gasteiger partial charge in [-0.1, -0.05) is 19.3 Å². The Labute approximate surface area is 280 Å². The Balaban J connectivity index is 0.920. The van der Waals surface area contributed by atoms with E-state index < -0.39 is 6.23 Å². The molecule has 2 saturated heterocycles. The maximum absolute atomic E-state index is 12.4. The zero-order valence-electron chi connectivity index (χ0n) is 27.3. The Bertz CT molecular complexity index is 1330. The van der Waals surface area contributed by atoms with Gasteiger partial charge in [-0.05, 0) is 38.5 Å². The summed E-state index contributed by atoms with van der Waals surface area (Å²) in [5, 5.41) is 15.2. The van der Waals surface area contributed by atoms with Gasteiger partial charge in [0.2, 0.25) is 17.7 Å². The first-order chi connectivity index (χ1) is 22.8. The van der Waals surface area contributed by atoms with Crippen LogP contribution in [0.15, 0.2) is 12.7 Å². The van der Waals surface area contributed by atoms with Gasteiger partial charge in [0.15, 0.2) is 11.5 Å². The number of ether oxygens (including phenoxy) is 1. The fourth-order valence-electron chi connectivity index (χ4n) is 5.90. The normalized spacial score (nSPS) is 19.2. The number of nitrogen functional groups attached to an aromatic ring is 1. The van der Waals surface area contributed by atoms with E-state index in [4.69, 9.17) is 10.5 Å². The number of imidazole rings is 1. The predicted molar refractivity (Wildman–Crippen MR) is 180 cm³/mol. The Morgan fingerprint density at radius 1 is 0.957 bits per heavy atom. The van der Waals surface area contributed by atoms with Crippen molar-refractivity contribution in [1.29, 1.82) is 0 Å². The molecule has 2 aliphatic heterocycles. The van der Waals surface area contributed by atoms with E-state index >= 15 is 0 Å². The van der Waals surface area contributed by atoms with Crippen molar-refractivity contribution in [3.8, 4) is 0 Å². The number of rotatable bonds is 22. The molecule has 16 heteroatoms. The minimum atomic E-state index is -0.434. The number of carbonyl (C=O) groups is 4. The van der Waals surface area contributed by atoms with Crippen LogP contribution in [-0.4, -0.2) is 92.8 Å². The lowest BCUT2D eigenvalue weighted by Crippen LogP contribution is -2.36. The number of hydrogen-bond donors (Lipinski definition) is 6. The van der Waals surface area contributed by atoms with Crippen LogP contribution in [0.4, 0.5) is 10.6 Å². The van der Waals surface area contributed by atoms with Gasteiger partial charge in [-0.25, -0.2) is 19.7 Å². The monoisotopic (exact) mass is 674 g/mol. The van der Waals surface area contributed by atoms with E-state index in [9.17, 15) is 19.2 Å². The summed E-state index contributed by atoms with van der Waals surface area (Å²) >= 11 is 1.90. The molecule has 0 saturated carbocycles. The van der Waals surface area contributed by atoms with Crippen LogP contribution in [0.1, 0.15) is 83.5 Å². The molecule has 0 unspecified atom stereocenters. The largest absolute Gasteiger partial charge is 0.382 e. The van der Waals surface area contributed by atoms with Gasteiger partial charge < -0.3 is 41.6 Å². The van der Waals surface area contributed by atoms with E-state index in [-0.39, 0.29) is 35.8 Å². The second kappa shape index (κ2) is 19.2. The maximum atomic E-state index is 12.4. The molecule has 0 bridgehead atoms. The first-order valence-corrected chi connectivity index (χ1v) is 17.8. The number of nitrogens with one attached hydrogen (secondary N) is 5. The summed E-state index contributed by atoms with van der Waals surface area (Å²) in [4.78, 5) is 60.6. The second-order valence-electron chi connectivity index (χ2n) is 12.1. The molecule has 260 valence electrons. The number of aryl methyl sites for hydroxylation is 1. The molecular formula is C31H50N10O5S. The lowest BCUT2D eigenvalue weighted by molar-refractivity contribution is -0.125. The van der Waals surface area contributed by atoms with Crippen molar-refractivity contribution in [3.63, 3.8) is 0 Å². The van der Waals surface area contributed by atoms with Gasteiger partial charge in [0.25, 0.3) is 0 Å². The number of methoxy groups -OCH3 is 1. The van der Waals surface area contributed by atoms with Crippen molar-refractivity contribution >= 4 is 52.5 Å². The third kappa shape index (κ3) is 11.8. The number of carbonyl (C=O) groups excluding carboxylic acids is 4. The lowest BCUT2D eigenvalue weighted by atomic mass is 10.0. The van der Waals surface area contributed by atoms with Crippen molar-refractivity contribution in [2.45, 2.75) is 114 Å². The molecule has 2 fully saturated rings. The van der Waals surface area contributed by atoms with Gasteiger partial charge in [0.1, 0.15) is 18.1 Å². The van der Waals surface area contributed by atoms with Crippen LogP contribution in [0.3, 0.4) is 0 Å². The van der Waals surface area contributed by atoms with E-state index in [0.29, 0.717) is 67.5 Å². The summed E-state index contributed by atoms with van der Waals surface area (Å²) in [5.74, 6) is 1.32. The molecule has 2 aromatic heterocycles. The van der Waals surface area contributed by atoms with Crippen LogP contribution in [0.2, 0.25) is 0 Å². The Morgan fingerprint density at radius 3 is 2.34 bits per heavy atom. The molecule has 0 aromatic carbocycles. The van der Waals surface area contributed by atoms with Gasteiger partial charge in [-0.15, -0.1) is 0 Å². The standard InChI is InChI=1S/C31H50N10O5S/c1-46-26(14-17-41-20-37-28-29(32)35-19-36-30(28)41)39-25(44)13-5-3-9-16-33-23(42)11-4-2-8-15-34-24(43)12-7-6-10-22-27-21(18-47-22)38-31(45)40-27/h19-22,26-27H,2-18H2,1H3,(H,33,42)(H,34,43)(H,39,44)(H2,32,35,36)(H2,38,40,45)/t21-,22-,26-,27-/m0/s1. The van der Waals surface area contributed by atoms with Gasteiger partial charge >= 0.3 is 6.03 Å². The third-order valence-electron chi connectivity index (χ3n) is 8.55. The van der Waals surface area contributed by atoms with Crippen LogP contribution in [0.25, 0.3) is 11.2 Å². The van der Waals surface area contributed by atoms with Crippen molar-refractivity contribution in [2.75, 3.05) is 31.7 Å². The second-order valence-corrected chi connectivity index (χ2v) is 13.4. The maximum Gasteiger partial charge on any atom is 0.315 e. The number of amides is 5. The molecule has 2 aliphatic rings. The average Bonchev–Trinajstić information content (AvgIpc) is 3.75. The van der Waals surface area contributed by atoms with Gasteiger partial charge in [0.05, 0.1) is 18.4 Å². The molecule has 5 amide bonds. The summed E-state index contributed by atoms with van der Waals surface area (Å²) in [6.45, 7) is 1.77. The van der Waals surface area contributed by atoms with E-state index in [1.807, 2.05) is 16.3 Å². The summed E-state index contributed by atoms with van der Waals surface area (Å²) in [5.41, 5.74) is 7.03. The smallest absolute Gasteiger partial charge is 0.315 e. The molecule has 7 N–H and O–H groups in total. The minimum Gasteiger partial charge on any atom is -0.382 e. The molecule has 4 heterocycles. The number of urea groups is 1. The van der Waals surface area contributed by atoms with Crippen LogP contribution >= 0.6 is 11.8 Å². The minimum absolute atomic E-state index is 0.0363. The molecule has 0 radical (unpaired) electrons. The first kappa shape index (κ1) is 36.2. The Kier molecular flexibility index (Phi) is 14.8. The summed E-state index contributed by atoms with van der Waals surface area (Å²) < 4.78 is 7.29. The molecule has 0 aliphatic carbocycles. The van der Waals surface area contributed by atoms with Gasteiger partial charge in [-0.2, -0.15) is 11.8 Å². The SMILES string of the molecule is CO[C@@H](CCn1cnc2c(N)ncnc21)NC(=O)CCCCCNC(=O)CCCCCNC(=O)CCCC[C@@H]1SC[C@@H]2NC(=O)N[C@@H]21. The van der Waals surface area contributed by atoms with Crippen LogP contribution in [0, 0.1) is 0 Å². The zero-order valence-corrected chi connectivity index (χ0v) is 28.1. The molecule has 47 heavy (non-hydrogen) atoms. The number of hydrogen-bond acceptors (Lipinski definition) is 10. The van der Waals surface area contributed by atoms with Crippen molar-refractivity contribution in [1.82, 2.24) is 46.1 Å². The zero-order chi connectivity index (χ0) is 33.4. The highest BCUT2D eigenvalue weighted by molar-refractivity contribution is 8.00. The summed E-state index contributed by atoms with van der Waals surface area (Å²) in [6, 6.07) is 0.396. The van der Waals surface area contributed by atoms with Crippen molar-refractivity contribution < 1.29 is 23.9 Å². The fraction of sp³-hybridized carbons (Fsp3) is 0.710. The van der Waals surface area contributed by atoms with E-state index in [0.717, 1.165) is 63.5 Å². The number of thioether (sulfide) groups is 1. The highest BCUT2D eigenvalue weighted by atomic mass is 32.2. The Hall–Kier alpha value is -3.66. The quantitative estimate of drug-likeness (QED) is 0.0608. The molecule has 15 nitrogen and oxygen atoms in total. The third-order valence-corrected chi connectivity index (χ3v) is 10.1. The fourth-order valence-corrected chi connectivity index (χ4v) is 7.44. The predicted octanol–water partition coefficient (Wildman–Crippen LogP) is 1.97.